The van der Waals surface area contributed by atoms with E-state index in [1.165, 1.54) is 19.2 Å². The normalized spacial score (nSPS) is 9.80. The van der Waals surface area contributed by atoms with Gasteiger partial charge in [0.25, 0.3) is 0 Å². The number of hydrogen-bond acceptors (Lipinski definition) is 3. The number of halogens is 2. The molecule has 1 aromatic rings. The van der Waals surface area contributed by atoms with Crippen molar-refractivity contribution in [1.29, 1.82) is 0 Å². The van der Waals surface area contributed by atoms with Gasteiger partial charge < -0.3 is 9.84 Å². The average molecular weight is 338 g/mol. The molecule has 0 amide bonds. The van der Waals surface area contributed by atoms with Crippen LogP contribution >= 0.6 is 31.9 Å². The van der Waals surface area contributed by atoms with Crippen molar-refractivity contribution in [3.05, 3.63) is 32.2 Å². The molecule has 80 valence electrons. The highest BCUT2D eigenvalue weighted by molar-refractivity contribution is 9.11. The summed E-state index contributed by atoms with van der Waals surface area (Å²) < 4.78 is 5.25. The molecule has 0 bridgehead atoms. The van der Waals surface area contributed by atoms with Crippen molar-refractivity contribution in [2.24, 2.45) is 0 Å². The van der Waals surface area contributed by atoms with Crippen LogP contribution in [0.1, 0.15) is 20.7 Å². The molecule has 15 heavy (non-hydrogen) atoms. The van der Waals surface area contributed by atoms with Gasteiger partial charge in [0.1, 0.15) is 0 Å². The summed E-state index contributed by atoms with van der Waals surface area (Å²) in [7, 11) is 1.26. The summed E-state index contributed by atoms with van der Waals surface area (Å²) in [4.78, 5) is 22.0. The highest BCUT2D eigenvalue weighted by Gasteiger charge is 2.16. The number of rotatable bonds is 2. The van der Waals surface area contributed by atoms with Crippen molar-refractivity contribution in [2.45, 2.75) is 0 Å². The van der Waals surface area contributed by atoms with Crippen molar-refractivity contribution < 1.29 is 19.4 Å². The Kier molecular flexibility index (Phi) is 3.87. The molecule has 0 aliphatic heterocycles. The second-order valence-corrected chi connectivity index (χ2v) is 4.32. The second kappa shape index (κ2) is 4.76. The number of carboxylic acid groups (broad SMARTS) is 1. The zero-order chi connectivity index (χ0) is 11.6. The van der Waals surface area contributed by atoms with Crippen LogP contribution in [0.2, 0.25) is 0 Å². The molecule has 1 N–H and O–H groups in total. The van der Waals surface area contributed by atoms with Crippen LogP contribution < -0.4 is 0 Å². The number of benzene rings is 1. The van der Waals surface area contributed by atoms with Gasteiger partial charge in [0.05, 0.1) is 18.2 Å². The van der Waals surface area contributed by atoms with E-state index in [0.717, 1.165) is 0 Å². The van der Waals surface area contributed by atoms with Gasteiger partial charge in [-0.3, -0.25) is 0 Å². The number of carbonyl (C=O) groups excluding carboxylic acids is 1. The highest BCUT2D eigenvalue weighted by Crippen LogP contribution is 2.26. The van der Waals surface area contributed by atoms with Crippen molar-refractivity contribution in [3.8, 4) is 0 Å². The number of ether oxygens (including phenoxy) is 1. The number of aromatic carboxylic acids is 1. The molecule has 0 unspecified atom stereocenters. The fourth-order valence-electron chi connectivity index (χ4n) is 0.977. The molecule has 0 atom stereocenters. The van der Waals surface area contributed by atoms with Crippen molar-refractivity contribution in [3.63, 3.8) is 0 Å². The Labute approximate surface area is 102 Å². The van der Waals surface area contributed by atoms with Crippen LogP contribution in [0.15, 0.2) is 21.1 Å². The number of hydrogen-bond donors (Lipinski definition) is 1. The summed E-state index contributed by atoms with van der Waals surface area (Å²) in [5.41, 5.74) is 0.351. The largest absolute Gasteiger partial charge is 0.478 e. The minimum atomic E-state index is -1.07. The number of methoxy groups -OCH3 is 1. The van der Waals surface area contributed by atoms with Crippen LogP contribution in [0.5, 0.6) is 0 Å². The third kappa shape index (κ3) is 2.57. The van der Waals surface area contributed by atoms with Crippen LogP contribution in [0.3, 0.4) is 0 Å². The molecule has 1 aromatic carbocycles. The van der Waals surface area contributed by atoms with Crippen molar-refractivity contribution in [1.82, 2.24) is 0 Å². The zero-order valence-corrected chi connectivity index (χ0v) is 10.8. The van der Waals surface area contributed by atoms with E-state index >= 15 is 0 Å². The van der Waals surface area contributed by atoms with Crippen LogP contribution in [-0.4, -0.2) is 24.2 Å². The summed E-state index contributed by atoms with van der Waals surface area (Å²) >= 11 is 6.18. The first kappa shape index (κ1) is 12.2. The van der Waals surface area contributed by atoms with Gasteiger partial charge in [-0.05, 0) is 44.0 Å². The van der Waals surface area contributed by atoms with Crippen LogP contribution in [0.25, 0.3) is 0 Å². The fourth-order valence-corrected chi connectivity index (χ4v) is 2.00. The topological polar surface area (TPSA) is 63.6 Å². The first-order valence-corrected chi connectivity index (χ1v) is 5.36. The Morgan fingerprint density at radius 2 is 1.67 bits per heavy atom. The number of carbonyl (C=O) groups is 2. The Morgan fingerprint density at radius 3 is 2.13 bits per heavy atom. The molecule has 0 aliphatic rings. The number of carboxylic acids is 1. The fraction of sp³-hybridized carbons (Fsp3) is 0.111. The van der Waals surface area contributed by atoms with E-state index in [-0.39, 0.29) is 11.1 Å². The molecular formula is C9H6Br2O4. The Balaban J connectivity index is 3.31. The third-order valence-corrected chi connectivity index (χ3v) is 3.00. The minimum Gasteiger partial charge on any atom is -0.478 e. The van der Waals surface area contributed by atoms with E-state index in [4.69, 9.17) is 5.11 Å². The van der Waals surface area contributed by atoms with E-state index in [2.05, 4.69) is 36.6 Å². The molecule has 0 heterocycles. The van der Waals surface area contributed by atoms with E-state index in [1.54, 1.807) is 0 Å². The maximum absolute atomic E-state index is 11.2. The van der Waals surface area contributed by atoms with Gasteiger partial charge in [-0.15, -0.1) is 0 Å². The molecule has 0 spiro atoms. The highest BCUT2D eigenvalue weighted by atomic mass is 79.9. The summed E-state index contributed by atoms with van der Waals surface area (Å²) in [5, 5.41) is 8.81. The Bertz CT molecular complexity index is 428. The van der Waals surface area contributed by atoms with Crippen molar-refractivity contribution in [2.75, 3.05) is 7.11 Å². The SMILES string of the molecule is COC(=O)c1cc(Br)c(C(=O)O)cc1Br. The van der Waals surface area contributed by atoms with Gasteiger partial charge in [-0.1, -0.05) is 0 Å². The minimum absolute atomic E-state index is 0.0783. The Hall–Kier alpha value is -0.880. The molecular weight excluding hydrogens is 332 g/mol. The summed E-state index contributed by atoms with van der Waals surface area (Å²) in [6.07, 6.45) is 0. The molecule has 0 radical (unpaired) electrons. The third-order valence-electron chi connectivity index (χ3n) is 1.69. The monoisotopic (exact) mass is 336 g/mol. The second-order valence-electron chi connectivity index (χ2n) is 2.61. The maximum atomic E-state index is 11.2. The molecule has 0 saturated heterocycles. The summed E-state index contributed by atoms with van der Waals surface area (Å²) in [6, 6.07) is 2.75. The van der Waals surface area contributed by atoms with Gasteiger partial charge in [0.2, 0.25) is 0 Å². The van der Waals surface area contributed by atoms with E-state index in [0.29, 0.717) is 8.95 Å². The quantitative estimate of drug-likeness (QED) is 0.843. The molecule has 0 aromatic heterocycles. The number of esters is 1. The van der Waals surface area contributed by atoms with Crippen LogP contribution in [0.4, 0.5) is 0 Å². The lowest BCUT2D eigenvalue weighted by Crippen LogP contribution is -2.05. The first-order chi connectivity index (χ1) is 6.97. The van der Waals surface area contributed by atoms with Crippen LogP contribution in [0, 0.1) is 0 Å². The van der Waals surface area contributed by atoms with Gasteiger partial charge in [-0.2, -0.15) is 0 Å². The molecule has 0 fully saturated rings. The molecule has 6 heteroatoms. The predicted octanol–water partition coefficient (Wildman–Crippen LogP) is 2.70. The maximum Gasteiger partial charge on any atom is 0.339 e. The zero-order valence-electron chi connectivity index (χ0n) is 7.58. The summed E-state index contributed by atoms with van der Waals surface area (Å²) in [6.45, 7) is 0. The molecule has 1 rings (SSSR count). The van der Waals surface area contributed by atoms with Gasteiger partial charge in [0.15, 0.2) is 0 Å². The predicted molar refractivity (Wildman–Crippen MR) is 60.1 cm³/mol. The summed E-state index contributed by atoms with van der Waals surface area (Å²) in [5.74, 6) is -1.60. The van der Waals surface area contributed by atoms with E-state index < -0.39 is 11.9 Å². The standard InChI is InChI=1S/C9H6Br2O4/c1-15-9(14)5-3-6(10)4(8(12)13)2-7(5)11/h2-3H,1H3,(H,12,13). The van der Waals surface area contributed by atoms with Crippen molar-refractivity contribution >= 4 is 43.8 Å². The average Bonchev–Trinajstić information content (AvgIpc) is 2.19. The Morgan fingerprint density at radius 1 is 1.20 bits per heavy atom. The van der Waals surface area contributed by atoms with Gasteiger partial charge in [-0.25, -0.2) is 9.59 Å². The van der Waals surface area contributed by atoms with E-state index in [1.807, 2.05) is 0 Å². The molecule has 4 nitrogen and oxygen atoms in total. The lowest BCUT2D eigenvalue weighted by atomic mass is 10.1. The van der Waals surface area contributed by atoms with Gasteiger partial charge >= 0.3 is 11.9 Å². The lowest BCUT2D eigenvalue weighted by Gasteiger charge is -2.05. The first-order valence-electron chi connectivity index (χ1n) is 3.78. The van der Waals surface area contributed by atoms with Gasteiger partial charge in [0, 0.05) is 8.95 Å². The lowest BCUT2D eigenvalue weighted by molar-refractivity contribution is 0.0597. The molecule has 0 saturated carbocycles. The van der Waals surface area contributed by atoms with Crippen LogP contribution in [-0.2, 0) is 4.74 Å². The van der Waals surface area contributed by atoms with E-state index in [9.17, 15) is 9.59 Å². The smallest absolute Gasteiger partial charge is 0.339 e. The molecule has 0 aliphatic carbocycles.